The van der Waals surface area contributed by atoms with Crippen molar-refractivity contribution in [1.29, 1.82) is 0 Å². The third kappa shape index (κ3) is 3.94. The van der Waals surface area contributed by atoms with Crippen molar-refractivity contribution >= 4 is 6.09 Å². The fourth-order valence-electron chi connectivity index (χ4n) is 2.64. The minimum absolute atomic E-state index is 0.0649. The van der Waals surface area contributed by atoms with Crippen LogP contribution in [0.4, 0.5) is 9.18 Å². The number of nitrogens with two attached hydrogens (primary N) is 1. The smallest absolute Gasteiger partial charge is 0.410 e. The Labute approximate surface area is 125 Å². The van der Waals surface area contributed by atoms with Crippen LogP contribution in [0.15, 0.2) is 24.3 Å². The lowest BCUT2D eigenvalue weighted by Crippen LogP contribution is -2.50. The van der Waals surface area contributed by atoms with Crippen molar-refractivity contribution in [2.75, 3.05) is 13.1 Å². The second kappa shape index (κ2) is 6.02. The second-order valence-corrected chi connectivity index (χ2v) is 6.51. The van der Waals surface area contributed by atoms with E-state index in [0.29, 0.717) is 25.1 Å². The molecule has 1 aromatic carbocycles. The summed E-state index contributed by atoms with van der Waals surface area (Å²) in [6, 6.07) is 6.40. The zero-order valence-corrected chi connectivity index (χ0v) is 12.8. The molecule has 1 fully saturated rings. The number of benzene rings is 1. The standard InChI is InChI=1S/C16H23FN2O2/c1-16(2,3)21-15(20)19-9-8-12(14(18)10-19)11-6-4-5-7-13(11)17/h4-7,12,14H,8-10,18H2,1-3H3/t12-,14-/m0/s1. The maximum absolute atomic E-state index is 13.9. The van der Waals surface area contributed by atoms with Gasteiger partial charge in [0.05, 0.1) is 0 Å². The minimum Gasteiger partial charge on any atom is -0.444 e. The number of likely N-dealkylation sites (tertiary alicyclic amines) is 1. The number of nitrogens with zero attached hydrogens (tertiary/aromatic N) is 1. The van der Waals surface area contributed by atoms with Gasteiger partial charge in [0.25, 0.3) is 0 Å². The molecular weight excluding hydrogens is 271 g/mol. The van der Waals surface area contributed by atoms with Gasteiger partial charge < -0.3 is 15.4 Å². The molecule has 1 aromatic rings. The van der Waals surface area contributed by atoms with Crippen LogP contribution in [0.5, 0.6) is 0 Å². The van der Waals surface area contributed by atoms with E-state index in [1.807, 2.05) is 26.8 Å². The van der Waals surface area contributed by atoms with Crippen LogP contribution in [0.1, 0.15) is 38.7 Å². The number of carbonyl (C=O) groups is 1. The average molecular weight is 294 g/mol. The summed E-state index contributed by atoms with van der Waals surface area (Å²) < 4.78 is 19.2. The zero-order valence-electron chi connectivity index (χ0n) is 12.8. The fraction of sp³-hybridized carbons (Fsp3) is 0.562. The van der Waals surface area contributed by atoms with Crippen molar-refractivity contribution < 1.29 is 13.9 Å². The number of hydrogen-bond acceptors (Lipinski definition) is 3. The van der Waals surface area contributed by atoms with Crippen molar-refractivity contribution in [2.24, 2.45) is 5.73 Å². The van der Waals surface area contributed by atoms with E-state index in [2.05, 4.69) is 0 Å². The van der Waals surface area contributed by atoms with Crippen LogP contribution in [0, 0.1) is 5.82 Å². The van der Waals surface area contributed by atoms with Gasteiger partial charge in [0.1, 0.15) is 11.4 Å². The van der Waals surface area contributed by atoms with Crippen molar-refractivity contribution in [2.45, 2.75) is 44.8 Å². The topological polar surface area (TPSA) is 55.6 Å². The van der Waals surface area contributed by atoms with Crippen molar-refractivity contribution in [1.82, 2.24) is 4.90 Å². The molecule has 1 aliphatic heterocycles. The molecule has 2 rings (SSSR count). The van der Waals surface area contributed by atoms with Crippen molar-refractivity contribution in [3.05, 3.63) is 35.6 Å². The van der Waals surface area contributed by atoms with Crippen LogP contribution in [0.3, 0.4) is 0 Å². The van der Waals surface area contributed by atoms with Gasteiger partial charge in [0, 0.05) is 25.0 Å². The number of rotatable bonds is 1. The van der Waals surface area contributed by atoms with Gasteiger partial charge in [-0.15, -0.1) is 0 Å². The Balaban J connectivity index is 2.03. The molecule has 116 valence electrons. The summed E-state index contributed by atoms with van der Waals surface area (Å²) in [5.41, 5.74) is 6.26. The molecule has 0 radical (unpaired) electrons. The summed E-state index contributed by atoms with van der Waals surface area (Å²) in [7, 11) is 0. The van der Waals surface area contributed by atoms with E-state index >= 15 is 0 Å². The highest BCUT2D eigenvalue weighted by atomic mass is 19.1. The number of amides is 1. The lowest BCUT2D eigenvalue weighted by Gasteiger charge is -2.37. The average Bonchev–Trinajstić information content (AvgIpc) is 2.38. The molecule has 4 nitrogen and oxygen atoms in total. The van der Waals surface area contributed by atoms with Gasteiger partial charge in [-0.05, 0) is 38.8 Å². The Morgan fingerprint density at radius 1 is 1.38 bits per heavy atom. The SMILES string of the molecule is CC(C)(C)OC(=O)N1CC[C@@H](c2ccccc2F)[C@@H](N)C1. The quantitative estimate of drug-likeness (QED) is 0.866. The number of carbonyl (C=O) groups excluding carboxylic acids is 1. The van der Waals surface area contributed by atoms with E-state index in [-0.39, 0.29) is 23.9 Å². The zero-order chi connectivity index (χ0) is 15.6. The molecule has 21 heavy (non-hydrogen) atoms. The predicted molar refractivity (Wildman–Crippen MR) is 79.5 cm³/mol. The molecule has 0 aliphatic carbocycles. The van der Waals surface area contributed by atoms with Crippen LogP contribution in [-0.2, 0) is 4.74 Å². The lowest BCUT2D eigenvalue weighted by atomic mass is 9.85. The van der Waals surface area contributed by atoms with Gasteiger partial charge in [0.15, 0.2) is 0 Å². The van der Waals surface area contributed by atoms with E-state index in [1.165, 1.54) is 6.07 Å². The Morgan fingerprint density at radius 2 is 2.05 bits per heavy atom. The Morgan fingerprint density at radius 3 is 2.62 bits per heavy atom. The van der Waals surface area contributed by atoms with Gasteiger partial charge in [-0.2, -0.15) is 0 Å². The van der Waals surface area contributed by atoms with Crippen molar-refractivity contribution in [3.8, 4) is 0 Å². The minimum atomic E-state index is -0.524. The van der Waals surface area contributed by atoms with E-state index in [4.69, 9.17) is 10.5 Å². The highest BCUT2D eigenvalue weighted by molar-refractivity contribution is 5.68. The van der Waals surface area contributed by atoms with Crippen LogP contribution in [0.25, 0.3) is 0 Å². The summed E-state index contributed by atoms with van der Waals surface area (Å²) in [6.45, 7) is 6.40. The molecule has 0 bridgehead atoms. The largest absolute Gasteiger partial charge is 0.444 e. The molecule has 2 atom stereocenters. The van der Waals surface area contributed by atoms with Gasteiger partial charge in [-0.1, -0.05) is 18.2 Å². The summed E-state index contributed by atoms with van der Waals surface area (Å²) in [6.07, 6.45) is 0.284. The van der Waals surface area contributed by atoms with Gasteiger partial charge >= 0.3 is 6.09 Å². The molecule has 1 heterocycles. The molecule has 0 unspecified atom stereocenters. The molecule has 0 saturated carbocycles. The Hall–Kier alpha value is -1.62. The lowest BCUT2D eigenvalue weighted by molar-refractivity contribution is 0.0186. The van der Waals surface area contributed by atoms with E-state index in [0.717, 1.165) is 0 Å². The normalized spacial score (nSPS) is 23.0. The third-order valence-electron chi connectivity index (χ3n) is 3.61. The first-order valence-corrected chi connectivity index (χ1v) is 7.26. The maximum atomic E-state index is 13.9. The van der Waals surface area contributed by atoms with Crippen LogP contribution in [0.2, 0.25) is 0 Å². The van der Waals surface area contributed by atoms with Crippen LogP contribution >= 0.6 is 0 Å². The van der Waals surface area contributed by atoms with E-state index in [1.54, 1.807) is 17.0 Å². The van der Waals surface area contributed by atoms with Crippen molar-refractivity contribution in [3.63, 3.8) is 0 Å². The predicted octanol–water partition coefficient (Wildman–Crippen LogP) is 2.88. The Kier molecular flexibility index (Phi) is 4.52. The summed E-state index contributed by atoms with van der Waals surface area (Å²) in [5.74, 6) is -0.298. The summed E-state index contributed by atoms with van der Waals surface area (Å²) in [5, 5.41) is 0. The van der Waals surface area contributed by atoms with Crippen LogP contribution < -0.4 is 5.73 Å². The number of hydrogen-bond donors (Lipinski definition) is 1. The highest BCUT2D eigenvalue weighted by Gasteiger charge is 2.33. The third-order valence-corrected chi connectivity index (χ3v) is 3.61. The van der Waals surface area contributed by atoms with E-state index in [9.17, 15) is 9.18 Å². The van der Waals surface area contributed by atoms with E-state index < -0.39 is 5.60 Å². The molecule has 2 N–H and O–H groups in total. The number of piperidine rings is 1. The molecular formula is C16H23FN2O2. The molecule has 1 saturated heterocycles. The molecule has 1 aliphatic rings. The van der Waals surface area contributed by atoms with Crippen LogP contribution in [-0.4, -0.2) is 35.7 Å². The summed E-state index contributed by atoms with van der Waals surface area (Å²) >= 11 is 0. The first kappa shape index (κ1) is 15.8. The first-order chi connectivity index (χ1) is 9.78. The van der Waals surface area contributed by atoms with Gasteiger partial charge in [-0.25, -0.2) is 9.18 Å². The highest BCUT2D eigenvalue weighted by Crippen LogP contribution is 2.29. The first-order valence-electron chi connectivity index (χ1n) is 7.26. The molecule has 5 heteroatoms. The second-order valence-electron chi connectivity index (χ2n) is 6.51. The summed E-state index contributed by atoms with van der Waals surface area (Å²) in [4.78, 5) is 13.6. The van der Waals surface area contributed by atoms with Gasteiger partial charge in [0.2, 0.25) is 0 Å². The Bertz CT molecular complexity index is 513. The monoisotopic (exact) mass is 294 g/mol. The number of halogens is 1. The molecule has 0 aromatic heterocycles. The molecule has 1 amide bonds. The fourth-order valence-corrected chi connectivity index (χ4v) is 2.64. The number of ether oxygens (including phenoxy) is 1. The maximum Gasteiger partial charge on any atom is 0.410 e. The van der Waals surface area contributed by atoms with Gasteiger partial charge in [-0.3, -0.25) is 0 Å². The molecule has 0 spiro atoms.